The molecule has 0 fully saturated rings. The van der Waals surface area contributed by atoms with E-state index in [-0.39, 0.29) is 23.8 Å². The Morgan fingerprint density at radius 2 is 1.89 bits per heavy atom. The SMILES string of the molecule is O=C(CCc1ccc(Cl)c(C(F)(F)F)c1)NCc1ccccc1-c1ccsc1. The second kappa shape index (κ2) is 8.80. The highest BCUT2D eigenvalue weighted by Crippen LogP contribution is 2.35. The Morgan fingerprint density at radius 3 is 2.61 bits per heavy atom. The molecule has 0 aliphatic rings. The molecule has 3 aromatic rings. The van der Waals surface area contributed by atoms with Crippen molar-refractivity contribution in [3.05, 3.63) is 81.0 Å². The van der Waals surface area contributed by atoms with E-state index in [1.165, 1.54) is 12.1 Å². The van der Waals surface area contributed by atoms with Gasteiger partial charge < -0.3 is 5.32 Å². The smallest absolute Gasteiger partial charge is 0.352 e. The van der Waals surface area contributed by atoms with Crippen molar-refractivity contribution in [3.63, 3.8) is 0 Å². The van der Waals surface area contributed by atoms with Crippen molar-refractivity contribution < 1.29 is 18.0 Å². The highest BCUT2D eigenvalue weighted by Gasteiger charge is 2.33. The number of halogens is 4. The molecular weight excluding hydrogens is 407 g/mol. The van der Waals surface area contributed by atoms with Gasteiger partial charge in [0.1, 0.15) is 0 Å². The van der Waals surface area contributed by atoms with Crippen molar-refractivity contribution in [1.29, 1.82) is 0 Å². The first kappa shape index (κ1) is 20.4. The summed E-state index contributed by atoms with van der Waals surface area (Å²) in [6.07, 6.45) is -4.21. The van der Waals surface area contributed by atoms with Crippen molar-refractivity contribution >= 4 is 28.8 Å². The topological polar surface area (TPSA) is 29.1 Å². The molecule has 0 saturated heterocycles. The van der Waals surface area contributed by atoms with E-state index >= 15 is 0 Å². The van der Waals surface area contributed by atoms with Gasteiger partial charge in [-0.1, -0.05) is 41.9 Å². The van der Waals surface area contributed by atoms with E-state index in [2.05, 4.69) is 5.32 Å². The summed E-state index contributed by atoms with van der Waals surface area (Å²) in [5, 5.41) is 6.54. The van der Waals surface area contributed by atoms with E-state index in [0.717, 1.165) is 22.8 Å². The van der Waals surface area contributed by atoms with Crippen LogP contribution < -0.4 is 5.32 Å². The molecule has 0 aliphatic heterocycles. The molecular formula is C21H17ClF3NOS. The van der Waals surface area contributed by atoms with Crippen molar-refractivity contribution in [2.75, 3.05) is 0 Å². The van der Waals surface area contributed by atoms with Crippen molar-refractivity contribution in [1.82, 2.24) is 5.32 Å². The van der Waals surface area contributed by atoms with Gasteiger partial charge in [0, 0.05) is 13.0 Å². The van der Waals surface area contributed by atoms with E-state index in [1.54, 1.807) is 11.3 Å². The summed E-state index contributed by atoms with van der Waals surface area (Å²) >= 11 is 7.22. The normalized spacial score (nSPS) is 11.4. The Labute approximate surface area is 170 Å². The van der Waals surface area contributed by atoms with Crippen LogP contribution in [0.4, 0.5) is 13.2 Å². The first-order valence-corrected chi connectivity index (χ1v) is 9.89. The molecule has 0 atom stereocenters. The van der Waals surface area contributed by atoms with Crippen LogP contribution in [-0.2, 0) is 23.9 Å². The number of amides is 1. The standard InChI is InChI=1S/C21H17ClF3NOS/c22-19-7-5-14(11-18(19)21(23,24)25)6-8-20(27)26-12-15-3-1-2-4-17(15)16-9-10-28-13-16/h1-5,7,9-11,13H,6,8,12H2,(H,26,27). The molecule has 0 radical (unpaired) electrons. The van der Waals surface area contributed by atoms with Gasteiger partial charge in [0.05, 0.1) is 10.6 Å². The maximum Gasteiger partial charge on any atom is 0.417 e. The number of rotatable bonds is 6. The molecule has 0 bridgehead atoms. The lowest BCUT2D eigenvalue weighted by Gasteiger charge is -2.12. The van der Waals surface area contributed by atoms with Crippen LogP contribution in [0.15, 0.2) is 59.3 Å². The van der Waals surface area contributed by atoms with Crippen LogP contribution in [0.5, 0.6) is 0 Å². The summed E-state index contributed by atoms with van der Waals surface area (Å²) in [5.74, 6) is -0.219. The summed E-state index contributed by atoms with van der Waals surface area (Å²) in [5.41, 5.74) is 2.68. The Balaban J connectivity index is 1.59. The fraction of sp³-hybridized carbons (Fsp3) is 0.190. The highest BCUT2D eigenvalue weighted by molar-refractivity contribution is 7.08. The fourth-order valence-corrected chi connectivity index (χ4v) is 3.74. The van der Waals surface area contributed by atoms with Gasteiger partial charge in [-0.3, -0.25) is 4.79 Å². The Kier molecular flexibility index (Phi) is 6.42. The number of benzene rings is 2. The van der Waals surface area contributed by atoms with Crippen molar-refractivity contribution in [2.45, 2.75) is 25.6 Å². The van der Waals surface area contributed by atoms with Crippen molar-refractivity contribution in [2.24, 2.45) is 0 Å². The molecule has 3 rings (SSSR count). The second-order valence-corrected chi connectivity index (χ2v) is 7.45. The number of nitrogens with one attached hydrogen (secondary N) is 1. The maximum atomic E-state index is 12.9. The number of aryl methyl sites for hydroxylation is 1. The molecule has 2 aromatic carbocycles. The van der Waals surface area contributed by atoms with Crippen LogP contribution in [0.2, 0.25) is 5.02 Å². The van der Waals surface area contributed by atoms with Gasteiger partial charge in [-0.05, 0) is 57.6 Å². The van der Waals surface area contributed by atoms with Crippen molar-refractivity contribution in [3.8, 4) is 11.1 Å². The molecule has 146 valence electrons. The Bertz CT molecular complexity index is 955. The third-order valence-electron chi connectivity index (χ3n) is 4.30. The third kappa shape index (κ3) is 5.14. The first-order chi connectivity index (χ1) is 13.3. The zero-order valence-electron chi connectivity index (χ0n) is 14.7. The van der Waals surface area contributed by atoms with E-state index in [9.17, 15) is 18.0 Å². The monoisotopic (exact) mass is 423 g/mol. The highest BCUT2D eigenvalue weighted by atomic mass is 35.5. The minimum atomic E-state index is -4.51. The zero-order valence-corrected chi connectivity index (χ0v) is 16.3. The quantitative estimate of drug-likeness (QED) is 0.492. The largest absolute Gasteiger partial charge is 0.417 e. The lowest BCUT2D eigenvalue weighted by Crippen LogP contribution is -2.23. The van der Waals surface area contributed by atoms with Gasteiger partial charge in [0.2, 0.25) is 5.91 Å². The predicted octanol–water partition coefficient (Wildman–Crippen LogP) is 6.34. The van der Waals surface area contributed by atoms with E-state index in [4.69, 9.17) is 11.6 Å². The zero-order chi connectivity index (χ0) is 20.1. The molecule has 1 aromatic heterocycles. The third-order valence-corrected chi connectivity index (χ3v) is 5.32. The molecule has 1 amide bonds. The number of hydrogen-bond acceptors (Lipinski definition) is 2. The van der Waals surface area contributed by atoms with E-state index in [0.29, 0.717) is 12.1 Å². The lowest BCUT2D eigenvalue weighted by molar-refractivity contribution is -0.137. The summed E-state index contributed by atoms with van der Waals surface area (Å²) < 4.78 is 38.8. The number of carbonyl (C=O) groups is 1. The van der Waals surface area contributed by atoms with Crippen LogP contribution in [-0.4, -0.2) is 5.91 Å². The first-order valence-electron chi connectivity index (χ1n) is 8.57. The van der Waals surface area contributed by atoms with Crippen LogP contribution in [0.3, 0.4) is 0 Å². The second-order valence-electron chi connectivity index (χ2n) is 6.26. The molecule has 0 aliphatic carbocycles. The molecule has 0 saturated carbocycles. The van der Waals surface area contributed by atoms with E-state index in [1.807, 2.05) is 41.1 Å². The van der Waals surface area contributed by atoms with Gasteiger partial charge in [0.25, 0.3) is 0 Å². The fourth-order valence-electron chi connectivity index (χ4n) is 2.86. The molecule has 0 spiro atoms. The lowest BCUT2D eigenvalue weighted by atomic mass is 10.0. The Hall–Kier alpha value is -2.31. The molecule has 2 nitrogen and oxygen atoms in total. The minimum Gasteiger partial charge on any atom is -0.352 e. The molecule has 28 heavy (non-hydrogen) atoms. The molecule has 1 N–H and O–H groups in total. The molecule has 7 heteroatoms. The van der Waals surface area contributed by atoms with Crippen LogP contribution in [0, 0.1) is 0 Å². The average molecular weight is 424 g/mol. The average Bonchev–Trinajstić information content (AvgIpc) is 3.19. The van der Waals surface area contributed by atoms with Crippen LogP contribution >= 0.6 is 22.9 Å². The Morgan fingerprint density at radius 1 is 1.11 bits per heavy atom. The summed E-state index contributed by atoms with van der Waals surface area (Å²) in [7, 11) is 0. The maximum absolute atomic E-state index is 12.9. The van der Waals surface area contributed by atoms with Crippen LogP contribution in [0.1, 0.15) is 23.1 Å². The summed E-state index contributed by atoms with van der Waals surface area (Å²) in [4.78, 5) is 12.2. The number of thiophene rings is 1. The summed E-state index contributed by atoms with van der Waals surface area (Å²) in [6, 6.07) is 13.5. The number of carbonyl (C=O) groups excluding carboxylic acids is 1. The molecule has 0 unspecified atom stereocenters. The van der Waals surface area contributed by atoms with Crippen LogP contribution in [0.25, 0.3) is 11.1 Å². The summed E-state index contributed by atoms with van der Waals surface area (Å²) in [6.45, 7) is 0.360. The van der Waals surface area contributed by atoms with E-state index < -0.39 is 11.7 Å². The predicted molar refractivity (Wildman–Crippen MR) is 106 cm³/mol. The van der Waals surface area contributed by atoms with Gasteiger partial charge in [-0.2, -0.15) is 24.5 Å². The number of hydrogen-bond donors (Lipinski definition) is 1. The minimum absolute atomic E-state index is 0.0968. The molecule has 1 heterocycles. The van der Waals surface area contributed by atoms with Gasteiger partial charge in [0.15, 0.2) is 0 Å². The number of alkyl halides is 3. The van der Waals surface area contributed by atoms with Gasteiger partial charge >= 0.3 is 6.18 Å². The van der Waals surface area contributed by atoms with Gasteiger partial charge in [-0.15, -0.1) is 0 Å². The van der Waals surface area contributed by atoms with Gasteiger partial charge in [-0.25, -0.2) is 0 Å².